The highest BCUT2D eigenvalue weighted by Crippen LogP contribution is 2.12. The number of amides is 1. The van der Waals surface area contributed by atoms with Crippen LogP contribution in [0, 0.1) is 12.8 Å². The van der Waals surface area contributed by atoms with Gasteiger partial charge in [-0.25, -0.2) is 0 Å². The second-order valence-corrected chi connectivity index (χ2v) is 5.43. The zero-order valence-electron chi connectivity index (χ0n) is 11.4. The molecular formula is C13H22BrN3O. The van der Waals surface area contributed by atoms with Gasteiger partial charge < -0.3 is 5.32 Å². The van der Waals surface area contributed by atoms with Crippen LogP contribution in [-0.2, 0) is 7.05 Å². The number of alkyl halides is 1. The van der Waals surface area contributed by atoms with Crippen molar-refractivity contribution in [1.82, 2.24) is 15.1 Å². The summed E-state index contributed by atoms with van der Waals surface area (Å²) >= 11 is 3.46. The Labute approximate surface area is 117 Å². The van der Waals surface area contributed by atoms with Gasteiger partial charge in [-0.05, 0) is 31.7 Å². The molecule has 0 aliphatic rings. The maximum absolute atomic E-state index is 11.9. The topological polar surface area (TPSA) is 46.9 Å². The van der Waals surface area contributed by atoms with Gasteiger partial charge in [0.15, 0.2) is 0 Å². The Hall–Kier alpha value is -0.840. The minimum absolute atomic E-state index is 0.0747. The molecule has 4 nitrogen and oxygen atoms in total. The summed E-state index contributed by atoms with van der Waals surface area (Å²) in [4.78, 5) is 11.9. The molecule has 1 aromatic rings. The minimum atomic E-state index is -0.0747. The van der Waals surface area contributed by atoms with Gasteiger partial charge in [-0.1, -0.05) is 29.3 Å². The number of hydrogen-bond donors (Lipinski definition) is 1. The summed E-state index contributed by atoms with van der Waals surface area (Å²) in [5, 5.41) is 8.13. The molecule has 0 saturated carbocycles. The molecule has 18 heavy (non-hydrogen) atoms. The van der Waals surface area contributed by atoms with E-state index in [-0.39, 0.29) is 5.91 Å². The van der Waals surface area contributed by atoms with Crippen molar-refractivity contribution >= 4 is 21.8 Å². The van der Waals surface area contributed by atoms with Crippen LogP contribution >= 0.6 is 15.9 Å². The van der Waals surface area contributed by atoms with E-state index in [4.69, 9.17) is 0 Å². The zero-order chi connectivity index (χ0) is 13.5. The van der Waals surface area contributed by atoms with Crippen molar-refractivity contribution in [2.24, 2.45) is 13.0 Å². The standard InChI is InChI=1S/C13H22BrN3O/c1-4-5-11(6-7-14)9-15-13(18)12-8-10(2)17(3)16-12/h8,11H,4-7,9H2,1-3H3,(H,15,18). The first kappa shape index (κ1) is 15.2. The van der Waals surface area contributed by atoms with Crippen LogP contribution in [0.2, 0.25) is 0 Å². The summed E-state index contributed by atoms with van der Waals surface area (Å²) < 4.78 is 1.72. The van der Waals surface area contributed by atoms with Crippen molar-refractivity contribution < 1.29 is 4.79 Å². The quantitative estimate of drug-likeness (QED) is 0.786. The van der Waals surface area contributed by atoms with Crippen LogP contribution in [0.1, 0.15) is 42.4 Å². The van der Waals surface area contributed by atoms with Crippen molar-refractivity contribution in [3.05, 3.63) is 17.5 Å². The van der Waals surface area contributed by atoms with E-state index >= 15 is 0 Å². The third-order valence-corrected chi connectivity index (χ3v) is 3.57. The minimum Gasteiger partial charge on any atom is -0.350 e. The number of carbonyl (C=O) groups is 1. The lowest BCUT2D eigenvalue weighted by molar-refractivity contribution is 0.0940. The Balaban J connectivity index is 2.48. The summed E-state index contributed by atoms with van der Waals surface area (Å²) in [7, 11) is 1.84. The van der Waals surface area contributed by atoms with Crippen molar-refractivity contribution in [1.29, 1.82) is 0 Å². The molecule has 0 aliphatic carbocycles. The van der Waals surface area contributed by atoms with Crippen LogP contribution in [-0.4, -0.2) is 27.6 Å². The molecule has 0 aliphatic heterocycles. The highest BCUT2D eigenvalue weighted by atomic mass is 79.9. The highest BCUT2D eigenvalue weighted by molar-refractivity contribution is 9.09. The van der Waals surface area contributed by atoms with Gasteiger partial charge in [0.05, 0.1) is 0 Å². The van der Waals surface area contributed by atoms with Crippen LogP contribution in [0.5, 0.6) is 0 Å². The smallest absolute Gasteiger partial charge is 0.271 e. The van der Waals surface area contributed by atoms with Crippen molar-refractivity contribution in [2.45, 2.75) is 33.1 Å². The number of hydrogen-bond acceptors (Lipinski definition) is 2. The summed E-state index contributed by atoms with van der Waals surface area (Å²) in [6.45, 7) is 4.84. The largest absolute Gasteiger partial charge is 0.350 e. The fourth-order valence-corrected chi connectivity index (χ4v) is 2.56. The molecule has 0 saturated heterocycles. The van der Waals surface area contributed by atoms with Crippen LogP contribution in [0.4, 0.5) is 0 Å². The van der Waals surface area contributed by atoms with E-state index < -0.39 is 0 Å². The molecule has 1 N–H and O–H groups in total. The van der Waals surface area contributed by atoms with Gasteiger partial charge in [-0.15, -0.1) is 0 Å². The van der Waals surface area contributed by atoms with Crippen LogP contribution in [0.3, 0.4) is 0 Å². The van der Waals surface area contributed by atoms with Crippen molar-refractivity contribution in [3.63, 3.8) is 0 Å². The zero-order valence-corrected chi connectivity index (χ0v) is 13.0. The maximum atomic E-state index is 11.9. The normalized spacial score (nSPS) is 12.4. The lowest BCUT2D eigenvalue weighted by atomic mass is 10.0. The first-order chi connectivity index (χ1) is 8.58. The second-order valence-electron chi connectivity index (χ2n) is 4.64. The molecular weight excluding hydrogens is 294 g/mol. The molecule has 0 bridgehead atoms. The Morgan fingerprint density at radius 3 is 2.78 bits per heavy atom. The summed E-state index contributed by atoms with van der Waals surface area (Å²) in [5.74, 6) is 0.470. The number of nitrogens with one attached hydrogen (secondary N) is 1. The van der Waals surface area contributed by atoms with E-state index in [1.165, 1.54) is 0 Å². The fraction of sp³-hybridized carbons (Fsp3) is 0.692. The Morgan fingerprint density at radius 2 is 2.28 bits per heavy atom. The molecule has 0 radical (unpaired) electrons. The summed E-state index contributed by atoms with van der Waals surface area (Å²) in [6, 6.07) is 1.81. The van der Waals surface area contributed by atoms with Crippen molar-refractivity contribution in [2.75, 3.05) is 11.9 Å². The summed E-state index contributed by atoms with van der Waals surface area (Å²) in [5.41, 5.74) is 1.50. The molecule has 1 aromatic heterocycles. The third kappa shape index (κ3) is 4.44. The molecule has 0 fully saturated rings. The van der Waals surface area contributed by atoms with E-state index in [1.54, 1.807) is 4.68 Å². The fourth-order valence-electron chi connectivity index (χ4n) is 1.91. The van der Waals surface area contributed by atoms with E-state index in [1.807, 2.05) is 20.0 Å². The Kier molecular flexibility index (Phi) is 6.39. The molecule has 1 unspecified atom stereocenters. The van der Waals surface area contributed by atoms with Crippen LogP contribution in [0.25, 0.3) is 0 Å². The molecule has 1 amide bonds. The molecule has 0 spiro atoms. The predicted molar refractivity (Wildman–Crippen MR) is 77.1 cm³/mol. The number of carbonyl (C=O) groups excluding carboxylic acids is 1. The number of aryl methyl sites for hydroxylation is 2. The number of nitrogens with zero attached hydrogens (tertiary/aromatic N) is 2. The SMILES string of the molecule is CCCC(CCBr)CNC(=O)c1cc(C)n(C)n1. The monoisotopic (exact) mass is 315 g/mol. The number of rotatable bonds is 7. The van der Waals surface area contributed by atoms with Gasteiger partial charge in [-0.3, -0.25) is 9.48 Å². The average Bonchev–Trinajstić information content (AvgIpc) is 2.67. The van der Waals surface area contributed by atoms with E-state index in [0.29, 0.717) is 11.6 Å². The molecule has 102 valence electrons. The molecule has 5 heteroatoms. The lowest BCUT2D eigenvalue weighted by Gasteiger charge is -2.14. The number of aromatic nitrogens is 2. The third-order valence-electron chi connectivity index (χ3n) is 3.11. The van der Waals surface area contributed by atoms with Gasteiger partial charge in [0.1, 0.15) is 5.69 Å². The molecule has 1 heterocycles. The van der Waals surface area contributed by atoms with E-state index in [0.717, 1.165) is 36.8 Å². The lowest BCUT2D eigenvalue weighted by Crippen LogP contribution is -2.30. The van der Waals surface area contributed by atoms with Crippen LogP contribution < -0.4 is 5.32 Å². The second kappa shape index (κ2) is 7.56. The van der Waals surface area contributed by atoms with E-state index in [2.05, 4.69) is 33.3 Å². The summed E-state index contributed by atoms with van der Waals surface area (Å²) in [6.07, 6.45) is 3.39. The van der Waals surface area contributed by atoms with Crippen LogP contribution in [0.15, 0.2) is 6.07 Å². The Morgan fingerprint density at radius 1 is 1.56 bits per heavy atom. The van der Waals surface area contributed by atoms with Gasteiger partial charge >= 0.3 is 0 Å². The predicted octanol–water partition coefficient (Wildman–Crippen LogP) is 2.66. The van der Waals surface area contributed by atoms with Gasteiger partial charge in [0.25, 0.3) is 5.91 Å². The van der Waals surface area contributed by atoms with Gasteiger partial charge in [0, 0.05) is 24.6 Å². The maximum Gasteiger partial charge on any atom is 0.271 e. The van der Waals surface area contributed by atoms with Crippen molar-refractivity contribution in [3.8, 4) is 0 Å². The van der Waals surface area contributed by atoms with E-state index in [9.17, 15) is 4.79 Å². The number of halogens is 1. The highest BCUT2D eigenvalue weighted by Gasteiger charge is 2.13. The Bertz CT molecular complexity index is 364. The first-order valence-electron chi connectivity index (χ1n) is 6.43. The molecule has 0 aromatic carbocycles. The molecule has 1 atom stereocenters. The van der Waals surface area contributed by atoms with Gasteiger partial charge in [-0.2, -0.15) is 5.10 Å². The average molecular weight is 316 g/mol. The van der Waals surface area contributed by atoms with Gasteiger partial charge in [0.2, 0.25) is 0 Å². The molecule has 1 rings (SSSR count). The first-order valence-corrected chi connectivity index (χ1v) is 7.55.